The highest BCUT2D eigenvalue weighted by molar-refractivity contribution is 5.82. The van der Waals surface area contributed by atoms with Gasteiger partial charge in [-0.2, -0.15) is 0 Å². The smallest absolute Gasteiger partial charge is 0.0468 e. The molecular weight excluding hydrogens is 246 g/mol. The third-order valence-electron chi connectivity index (χ3n) is 4.29. The van der Waals surface area contributed by atoms with Gasteiger partial charge in [0.15, 0.2) is 0 Å². The number of ether oxygens (including phenoxy) is 1. The standard InChI is InChI=1S/C18H23NO/c19-18(12-14-7-9-20-10-8-14)13-15-5-6-16-3-1-2-4-17(16)11-15/h1-6,11,14,18H,7-10,12-13,19H2. The molecule has 0 aromatic heterocycles. The van der Waals surface area contributed by atoms with Crippen molar-refractivity contribution < 1.29 is 4.74 Å². The largest absolute Gasteiger partial charge is 0.381 e. The quantitative estimate of drug-likeness (QED) is 0.921. The Hall–Kier alpha value is -1.38. The molecule has 106 valence electrons. The Morgan fingerprint density at radius 2 is 1.80 bits per heavy atom. The molecule has 2 aromatic carbocycles. The van der Waals surface area contributed by atoms with Crippen LogP contribution in [0.25, 0.3) is 10.8 Å². The van der Waals surface area contributed by atoms with E-state index < -0.39 is 0 Å². The molecule has 2 N–H and O–H groups in total. The molecule has 20 heavy (non-hydrogen) atoms. The molecule has 1 saturated heterocycles. The van der Waals surface area contributed by atoms with Crippen LogP contribution in [0.3, 0.4) is 0 Å². The third kappa shape index (κ3) is 3.38. The molecule has 0 spiro atoms. The number of hydrogen-bond acceptors (Lipinski definition) is 2. The highest BCUT2D eigenvalue weighted by atomic mass is 16.5. The lowest BCUT2D eigenvalue weighted by molar-refractivity contribution is 0.0619. The summed E-state index contributed by atoms with van der Waals surface area (Å²) in [5, 5.41) is 2.61. The first-order chi connectivity index (χ1) is 9.81. The van der Waals surface area contributed by atoms with Crippen LogP contribution in [0.15, 0.2) is 42.5 Å². The van der Waals surface area contributed by atoms with Crippen molar-refractivity contribution >= 4 is 10.8 Å². The first-order valence-corrected chi connectivity index (χ1v) is 7.62. The minimum atomic E-state index is 0.263. The van der Waals surface area contributed by atoms with Gasteiger partial charge in [0.1, 0.15) is 0 Å². The summed E-state index contributed by atoms with van der Waals surface area (Å²) in [6.07, 6.45) is 4.44. The molecule has 1 heterocycles. The van der Waals surface area contributed by atoms with Crippen molar-refractivity contribution in [3.05, 3.63) is 48.0 Å². The zero-order valence-corrected chi connectivity index (χ0v) is 11.9. The topological polar surface area (TPSA) is 35.2 Å². The lowest BCUT2D eigenvalue weighted by Crippen LogP contribution is -2.28. The van der Waals surface area contributed by atoms with Gasteiger partial charge in [-0.3, -0.25) is 0 Å². The van der Waals surface area contributed by atoms with E-state index in [9.17, 15) is 0 Å². The zero-order valence-electron chi connectivity index (χ0n) is 11.9. The lowest BCUT2D eigenvalue weighted by Gasteiger charge is -2.24. The maximum absolute atomic E-state index is 6.34. The summed E-state index contributed by atoms with van der Waals surface area (Å²) in [6, 6.07) is 15.5. The molecule has 1 aliphatic heterocycles. The van der Waals surface area contributed by atoms with Crippen molar-refractivity contribution in [2.24, 2.45) is 11.7 Å². The van der Waals surface area contributed by atoms with E-state index in [1.807, 2.05) is 0 Å². The highest BCUT2D eigenvalue weighted by Crippen LogP contribution is 2.22. The monoisotopic (exact) mass is 269 g/mol. The summed E-state index contributed by atoms with van der Waals surface area (Å²) in [5.74, 6) is 0.749. The Morgan fingerprint density at radius 3 is 2.60 bits per heavy atom. The molecule has 1 atom stereocenters. The van der Waals surface area contributed by atoms with E-state index in [1.165, 1.54) is 29.2 Å². The van der Waals surface area contributed by atoms with Crippen LogP contribution >= 0.6 is 0 Å². The molecule has 2 heteroatoms. The molecule has 2 aromatic rings. The van der Waals surface area contributed by atoms with Gasteiger partial charge in [-0.25, -0.2) is 0 Å². The fourth-order valence-electron chi connectivity index (χ4n) is 3.16. The molecule has 0 saturated carbocycles. The van der Waals surface area contributed by atoms with Crippen LogP contribution in [-0.4, -0.2) is 19.3 Å². The van der Waals surface area contributed by atoms with Crippen LogP contribution in [-0.2, 0) is 11.2 Å². The zero-order chi connectivity index (χ0) is 13.8. The first kappa shape index (κ1) is 13.6. The predicted molar refractivity (Wildman–Crippen MR) is 83.8 cm³/mol. The van der Waals surface area contributed by atoms with Gasteiger partial charge in [0.25, 0.3) is 0 Å². The van der Waals surface area contributed by atoms with E-state index in [4.69, 9.17) is 10.5 Å². The number of rotatable bonds is 4. The van der Waals surface area contributed by atoms with Crippen LogP contribution in [0.2, 0.25) is 0 Å². The maximum atomic E-state index is 6.34. The molecule has 1 fully saturated rings. The van der Waals surface area contributed by atoms with Gasteiger partial charge < -0.3 is 10.5 Å². The van der Waals surface area contributed by atoms with E-state index in [-0.39, 0.29) is 6.04 Å². The fraction of sp³-hybridized carbons (Fsp3) is 0.444. The SMILES string of the molecule is NC(Cc1ccc2ccccc2c1)CC1CCOCC1. The van der Waals surface area contributed by atoms with E-state index >= 15 is 0 Å². The summed E-state index contributed by atoms with van der Waals surface area (Å²) >= 11 is 0. The van der Waals surface area contributed by atoms with E-state index in [2.05, 4.69) is 42.5 Å². The second-order valence-electron chi connectivity index (χ2n) is 5.94. The summed E-state index contributed by atoms with van der Waals surface area (Å²) in [6.45, 7) is 1.82. The van der Waals surface area contributed by atoms with Crippen molar-refractivity contribution in [1.82, 2.24) is 0 Å². The van der Waals surface area contributed by atoms with Crippen molar-refractivity contribution in [3.8, 4) is 0 Å². The van der Waals surface area contributed by atoms with Crippen molar-refractivity contribution in [2.45, 2.75) is 31.7 Å². The molecule has 0 aliphatic carbocycles. The normalized spacial score (nSPS) is 18.2. The Bertz CT molecular complexity index is 560. The van der Waals surface area contributed by atoms with E-state index in [0.717, 1.165) is 32.0 Å². The Labute approximate surface area is 120 Å². The van der Waals surface area contributed by atoms with E-state index in [1.54, 1.807) is 0 Å². The number of benzene rings is 2. The minimum absolute atomic E-state index is 0.263. The van der Waals surface area contributed by atoms with E-state index in [0.29, 0.717) is 0 Å². The van der Waals surface area contributed by atoms with Gasteiger partial charge in [-0.15, -0.1) is 0 Å². The molecular formula is C18H23NO. The maximum Gasteiger partial charge on any atom is 0.0468 e. The first-order valence-electron chi connectivity index (χ1n) is 7.62. The second-order valence-corrected chi connectivity index (χ2v) is 5.94. The minimum Gasteiger partial charge on any atom is -0.381 e. The predicted octanol–water partition coefficient (Wildman–Crippen LogP) is 3.53. The summed E-state index contributed by atoms with van der Waals surface area (Å²) < 4.78 is 5.41. The van der Waals surface area contributed by atoms with Gasteiger partial charge in [0, 0.05) is 19.3 Å². The van der Waals surface area contributed by atoms with Crippen LogP contribution in [0.4, 0.5) is 0 Å². The molecule has 1 unspecified atom stereocenters. The molecule has 2 nitrogen and oxygen atoms in total. The number of nitrogens with two attached hydrogens (primary N) is 1. The van der Waals surface area contributed by atoms with Gasteiger partial charge >= 0.3 is 0 Å². The average Bonchev–Trinajstić information content (AvgIpc) is 2.48. The second kappa shape index (κ2) is 6.38. The van der Waals surface area contributed by atoms with Crippen LogP contribution in [0.5, 0.6) is 0 Å². The van der Waals surface area contributed by atoms with Gasteiger partial charge in [0.2, 0.25) is 0 Å². The van der Waals surface area contributed by atoms with Gasteiger partial charge in [-0.05, 0) is 47.9 Å². The third-order valence-corrected chi connectivity index (χ3v) is 4.29. The summed E-state index contributed by atoms with van der Waals surface area (Å²) in [7, 11) is 0. The molecule has 0 bridgehead atoms. The molecule has 1 aliphatic rings. The Morgan fingerprint density at radius 1 is 1.05 bits per heavy atom. The number of fused-ring (bicyclic) bond motifs is 1. The van der Waals surface area contributed by atoms with Crippen molar-refractivity contribution in [1.29, 1.82) is 0 Å². The fourth-order valence-corrected chi connectivity index (χ4v) is 3.16. The molecule has 0 radical (unpaired) electrons. The lowest BCUT2D eigenvalue weighted by atomic mass is 9.90. The van der Waals surface area contributed by atoms with Crippen molar-refractivity contribution in [2.75, 3.05) is 13.2 Å². The summed E-state index contributed by atoms with van der Waals surface area (Å²) in [4.78, 5) is 0. The van der Waals surface area contributed by atoms with Gasteiger partial charge in [-0.1, -0.05) is 42.5 Å². The Kier molecular flexibility index (Phi) is 4.34. The highest BCUT2D eigenvalue weighted by Gasteiger charge is 2.17. The van der Waals surface area contributed by atoms with Crippen LogP contribution < -0.4 is 5.73 Å². The molecule has 3 rings (SSSR count). The average molecular weight is 269 g/mol. The Balaban J connectivity index is 1.62. The van der Waals surface area contributed by atoms with Crippen LogP contribution in [0, 0.1) is 5.92 Å². The molecule has 0 amide bonds. The van der Waals surface area contributed by atoms with Crippen molar-refractivity contribution in [3.63, 3.8) is 0 Å². The summed E-state index contributed by atoms with van der Waals surface area (Å²) in [5.41, 5.74) is 7.69. The van der Waals surface area contributed by atoms with Gasteiger partial charge in [0.05, 0.1) is 0 Å². The van der Waals surface area contributed by atoms with Crippen LogP contribution in [0.1, 0.15) is 24.8 Å². The number of hydrogen-bond donors (Lipinski definition) is 1.